The number of thiophene rings is 1. The first-order chi connectivity index (χ1) is 7.08. The minimum absolute atomic E-state index is 0.0732. The Labute approximate surface area is 94.1 Å². The molecule has 1 aromatic heterocycles. The molecular weight excluding hydrogens is 240 g/mol. The van der Waals surface area contributed by atoms with Crippen molar-refractivity contribution in [2.24, 2.45) is 0 Å². The highest BCUT2D eigenvalue weighted by atomic mass is 35.5. The highest BCUT2D eigenvalue weighted by Gasteiger charge is 2.11. The van der Waals surface area contributed by atoms with E-state index in [1.54, 1.807) is 12.1 Å². The van der Waals surface area contributed by atoms with Gasteiger partial charge in [-0.2, -0.15) is 0 Å². The number of anilines is 1. The Morgan fingerprint density at radius 3 is 2.47 bits per heavy atom. The fraction of sp³-hybridized carbons (Fsp3) is 0. The molecule has 2 rings (SSSR count). The van der Waals surface area contributed by atoms with E-state index in [2.05, 4.69) is 0 Å². The summed E-state index contributed by atoms with van der Waals surface area (Å²) in [5.41, 5.74) is 5.56. The van der Waals surface area contributed by atoms with Crippen LogP contribution in [0.25, 0.3) is 10.4 Å². The number of benzene rings is 1. The average molecular weight is 246 g/mol. The van der Waals surface area contributed by atoms with Gasteiger partial charge in [0, 0.05) is 16.5 Å². The lowest BCUT2D eigenvalue weighted by molar-refractivity contribution is 0.589. The van der Waals surface area contributed by atoms with Crippen LogP contribution in [0.3, 0.4) is 0 Å². The molecule has 78 valence electrons. The van der Waals surface area contributed by atoms with Crippen LogP contribution in [0.1, 0.15) is 0 Å². The van der Waals surface area contributed by atoms with Crippen LogP contribution < -0.4 is 5.73 Å². The van der Waals surface area contributed by atoms with Crippen molar-refractivity contribution >= 4 is 28.6 Å². The summed E-state index contributed by atoms with van der Waals surface area (Å²) < 4.78 is 26.8. The summed E-state index contributed by atoms with van der Waals surface area (Å²) in [6.45, 7) is 0. The summed E-state index contributed by atoms with van der Waals surface area (Å²) in [7, 11) is 0. The van der Waals surface area contributed by atoms with Crippen LogP contribution in [-0.2, 0) is 0 Å². The predicted octanol–water partition coefficient (Wildman–Crippen LogP) is 3.93. The van der Waals surface area contributed by atoms with Gasteiger partial charge in [-0.3, -0.25) is 0 Å². The smallest absolute Gasteiger partial charge is 0.149 e. The Morgan fingerprint density at radius 2 is 1.87 bits per heavy atom. The van der Waals surface area contributed by atoms with Crippen LogP contribution in [0.2, 0.25) is 4.34 Å². The molecule has 1 nitrogen and oxygen atoms in total. The number of rotatable bonds is 1. The van der Waals surface area contributed by atoms with Crippen molar-refractivity contribution in [2.75, 3.05) is 5.73 Å². The van der Waals surface area contributed by atoms with Crippen molar-refractivity contribution < 1.29 is 8.78 Å². The topological polar surface area (TPSA) is 26.0 Å². The van der Waals surface area contributed by atoms with E-state index in [0.717, 1.165) is 6.07 Å². The van der Waals surface area contributed by atoms with Gasteiger partial charge in [0.2, 0.25) is 0 Å². The molecule has 0 fully saturated rings. The zero-order chi connectivity index (χ0) is 11.0. The first-order valence-corrected chi connectivity index (χ1v) is 5.27. The maximum Gasteiger partial charge on any atom is 0.149 e. The lowest BCUT2D eigenvalue weighted by atomic mass is 10.1. The lowest BCUT2D eigenvalue weighted by Crippen LogP contribution is -1.93. The van der Waals surface area contributed by atoms with Gasteiger partial charge < -0.3 is 5.73 Å². The number of nitrogens with two attached hydrogens (primary N) is 1. The minimum Gasteiger partial charge on any atom is -0.396 e. The first-order valence-electron chi connectivity index (χ1n) is 4.08. The molecule has 0 saturated heterocycles. The zero-order valence-electron chi connectivity index (χ0n) is 7.43. The van der Waals surface area contributed by atoms with Crippen LogP contribution in [0.4, 0.5) is 14.5 Å². The Hall–Kier alpha value is -1.13. The highest BCUT2D eigenvalue weighted by Crippen LogP contribution is 2.34. The number of hydrogen-bond acceptors (Lipinski definition) is 2. The molecule has 1 aromatic carbocycles. The quantitative estimate of drug-likeness (QED) is 0.757. The Kier molecular flexibility index (Phi) is 2.63. The highest BCUT2D eigenvalue weighted by molar-refractivity contribution is 7.19. The largest absolute Gasteiger partial charge is 0.396 e. The molecule has 15 heavy (non-hydrogen) atoms. The molecule has 0 atom stereocenters. The lowest BCUT2D eigenvalue weighted by Gasteiger charge is -2.02. The van der Waals surface area contributed by atoms with Crippen molar-refractivity contribution in [1.82, 2.24) is 0 Å². The van der Waals surface area contributed by atoms with Gasteiger partial charge in [-0.1, -0.05) is 11.6 Å². The van der Waals surface area contributed by atoms with Gasteiger partial charge in [0.05, 0.1) is 10.0 Å². The molecule has 0 bridgehead atoms. The molecule has 5 heteroatoms. The van der Waals surface area contributed by atoms with Gasteiger partial charge in [-0.05, 0) is 18.2 Å². The van der Waals surface area contributed by atoms with Crippen LogP contribution >= 0.6 is 22.9 Å². The van der Waals surface area contributed by atoms with E-state index < -0.39 is 11.6 Å². The number of halogens is 3. The van der Waals surface area contributed by atoms with Gasteiger partial charge in [-0.25, -0.2) is 8.78 Å². The molecule has 2 aromatic rings. The molecule has 0 aliphatic rings. The third-order valence-corrected chi connectivity index (χ3v) is 3.19. The predicted molar refractivity (Wildman–Crippen MR) is 59.1 cm³/mol. The molecule has 0 aliphatic carbocycles. The van der Waals surface area contributed by atoms with Gasteiger partial charge in [0.25, 0.3) is 0 Å². The third-order valence-electron chi connectivity index (χ3n) is 1.93. The van der Waals surface area contributed by atoms with E-state index >= 15 is 0 Å². The molecule has 2 N–H and O–H groups in total. The molecular formula is C10H6ClF2NS. The molecule has 1 heterocycles. The molecule has 0 amide bonds. The summed E-state index contributed by atoms with van der Waals surface area (Å²) in [6.07, 6.45) is 0. The summed E-state index contributed by atoms with van der Waals surface area (Å²) >= 11 is 6.94. The van der Waals surface area contributed by atoms with Gasteiger partial charge in [-0.15, -0.1) is 11.3 Å². The van der Waals surface area contributed by atoms with Gasteiger partial charge >= 0.3 is 0 Å². The van der Waals surface area contributed by atoms with Crippen molar-refractivity contribution in [3.05, 3.63) is 40.2 Å². The van der Waals surface area contributed by atoms with Crippen molar-refractivity contribution in [1.29, 1.82) is 0 Å². The Balaban J connectivity index is 2.58. The van der Waals surface area contributed by atoms with E-state index in [4.69, 9.17) is 17.3 Å². The molecule has 0 spiro atoms. The standard InChI is InChI=1S/C10H6ClF2NS/c11-10-2-1-9(15-10)5-3-8(14)7(13)4-6(5)12/h1-4H,14H2. The van der Waals surface area contributed by atoms with Crippen LogP contribution in [0.15, 0.2) is 24.3 Å². The van der Waals surface area contributed by atoms with Gasteiger partial charge in [0.1, 0.15) is 11.6 Å². The van der Waals surface area contributed by atoms with E-state index in [9.17, 15) is 8.78 Å². The monoisotopic (exact) mass is 245 g/mol. The summed E-state index contributed by atoms with van der Waals surface area (Å²) in [5, 5.41) is 0. The van der Waals surface area contributed by atoms with E-state index in [1.165, 1.54) is 17.4 Å². The summed E-state index contributed by atoms with van der Waals surface area (Å²) in [4.78, 5) is 0.629. The average Bonchev–Trinajstić information content (AvgIpc) is 2.58. The number of hydrogen-bond donors (Lipinski definition) is 1. The second kappa shape index (κ2) is 3.79. The van der Waals surface area contributed by atoms with Crippen molar-refractivity contribution in [2.45, 2.75) is 0 Å². The fourth-order valence-electron chi connectivity index (χ4n) is 1.21. The molecule has 0 saturated carbocycles. The van der Waals surface area contributed by atoms with E-state index in [1.807, 2.05) is 0 Å². The maximum atomic E-state index is 13.4. The van der Waals surface area contributed by atoms with Crippen molar-refractivity contribution in [3.8, 4) is 10.4 Å². The zero-order valence-corrected chi connectivity index (χ0v) is 9.00. The number of nitrogen functional groups attached to an aromatic ring is 1. The van der Waals surface area contributed by atoms with Crippen LogP contribution in [0, 0.1) is 11.6 Å². The van der Waals surface area contributed by atoms with E-state index in [-0.39, 0.29) is 11.3 Å². The SMILES string of the molecule is Nc1cc(-c2ccc(Cl)s2)c(F)cc1F. The minimum atomic E-state index is -0.751. The second-order valence-corrected chi connectivity index (χ2v) is 4.67. The molecule has 0 unspecified atom stereocenters. The Bertz CT molecular complexity index is 510. The van der Waals surface area contributed by atoms with Gasteiger partial charge in [0.15, 0.2) is 0 Å². The maximum absolute atomic E-state index is 13.4. The van der Waals surface area contributed by atoms with Crippen LogP contribution in [-0.4, -0.2) is 0 Å². The fourth-order valence-corrected chi connectivity index (χ4v) is 2.27. The molecule has 0 radical (unpaired) electrons. The van der Waals surface area contributed by atoms with E-state index in [0.29, 0.717) is 9.21 Å². The molecule has 0 aliphatic heterocycles. The normalized spacial score (nSPS) is 10.6. The Morgan fingerprint density at radius 1 is 1.13 bits per heavy atom. The first kappa shape index (κ1) is 10.4. The summed E-state index contributed by atoms with van der Waals surface area (Å²) in [6, 6.07) is 5.37. The van der Waals surface area contributed by atoms with Crippen LogP contribution in [0.5, 0.6) is 0 Å². The third kappa shape index (κ3) is 1.96. The summed E-state index contributed by atoms with van der Waals surface area (Å²) in [5.74, 6) is -1.39. The second-order valence-electron chi connectivity index (χ2n) is 2.96. The van der Waals surface area contributed by atoms with Crippen molar-refractivity contribution in [3.63, 3.8) is 0 Å².